The molecule has 2 atom stereocenters. The van der Waals surface area contributed by atoms with Gasteiger partial charge in [-0.15, -0.1) is 0 Å². The molecule has 0 radical (unpaired) electrons. The second-order valence-electron chi connectivity index (χ2n) is 9.18. The summed E-state index contributed by atoms with van der Waals surface area (Å²) in [5, 5.41) is 0. The van der Waals surface area contributed by atoms with Crippen LogP contribution >= 0.6 is 0 Å². The molecule has 30 heavy (non-hydrogen) atoms. The quantitative estimate of drug-likeness (QED) is 0.171. The average molecular weight is 410 g/mol. The zero-order valence-electron chi connectivity index (χ0n) is 19.7. The van der Waals surface area contributed by atoms with Gasteiger partial charge in [-0.1, -0.05) is 131 Å². The molecule has 1 aliphatic heterocycles. The second-order valence-corrected chi connectivity index (χ2v) is 9.18. The van der Waals surface area contributed by atoms with E-state index in [-0.39, 0.29) is 0 Å². The third-order valence-corrected chi connectivity index (χ3v) is 6.61. The molecule has 0 bridgehead atoms. The number of benzene rings is 1. The molecular weight excluding hydrogens is 364 g/mol. The van der Waals surface area contributed by atoms with Crippen LogP contribution in [0.5, 0.6) is 0 Å². The summed E-state index contributed by atoms with van der Waals surface area (Å²) >= 11 is 0. The Morgan fingerprint density at radius 1 is 0.700 bits per heavy atom. The molecule has 0 amide bonds. The predicted octanol–water partition coefficient (Wildman–Crippen LogP) is 8.61. The molecule has 2 nitrogen and oxygen atoms in total. The fourth-order valence-electron chi connectivity index (χ4n) is 4.57. The highest BCUT2D eigenvalue weighted by Crippen LogP contribution is 2.32. The molecule has 0 spiro atoms. The maximum absolute atomic E-state index is 4.48. The van der Waals surface area contributed by atoms with Crippen LogP contribution in [-0.4, -0.2) is 12.4 Å². The van der Waals surface area contributed by atoms with E-state index >= 15 is 0 Å². The molecule has 0 aromatic heterocycles. The average Bonchev–Trinajstić information content (AvgIpc) is 3.31. The van der Waals surface area contributed by atoms with Gasteiger partial charge in [0.2, 0.25) is 6.17 Å². The molecule has 1 aromatic rings. The summed E-state index contributed by atoms with van der Waals surface area (Å²) in [5.74, 6) is 1.06. The number of hydrogen-bond donors (Lipinski definition) is 0. The van der Waals surface area contributed by atoms with Gasteiger partial charge in [-0.2, -0.15) is 0 Å². The van der Waals surface area contributed by atoms with Crippen LogP contribution in [0.1, 0.15) is 109 Å². The van der Waals surface area contributed by atoms with Gasteiger partial charge in [-0.3, -0.25) is 0 Å². The van der Waals surface area contributed by atoms with Gasteiger partial charge >= 0.3 is 0 Å². The molecule has 0 aliphatic carbocycles. The normalized spacial score (nSPS) is 15.1. The summed E-state index contributed by atoms with van der Waals surface area (Å²) in [7, 11) is 0. The Bertz CT molecular complexity index is 566. The van der Waals surface area contributed by atoms with E-state index in [2.05, 4.69) is 54.2 Å². The largest absolute Gasteiger partial charge is 0.243 e. The highest BCUT2D eigenvalue weighted by Gasteiger charge is 2.31. The van der Waals surface area contributed by atoms with Crippen molar-refractivity contribution >= 4 is 12.4 Å². The van der Waals surface area contributed by atoms with Crippen molar-refractivity contribution in [2.45, 2.75) is 110 Å². The zero-order valence-corrected chi connectivity index (χ0v) is 19.7. The third-order valence-electron chi connectivity index (χ3n) is 6.61. The highest BCUT2D eigenvalue weighted by atomic mass is 15.0. The minimum atomic E-state index is 0.428. The Hall–Kier alpha value is -1.57. The van der Waals surface area contributed by atoms with E-state index in [9.17, 15) is 0 Å². The molecule has 2 heteroatoms. The Balaban J connectivity index is 1.56. The monoisotopic (exact) mass is 409 g/mol. The molecule has 1 heterocycles. The van der Waals surface area contributed by atoms with Crippen molar-refractivity contribution in [3.8, 4) is 0 Å². The Kier molecular flexibility index (Phi) is 13.3. The van der Waals surface area contributed by atoms with Crippen LogP contribution in [0.2, 0.25) is 0 Å². The van der Waals surface area contributed by atoms with Crippen molar-refractivity contribution in [2.75, 3.05) is 0 Å². The predicted molar refractivity (Wildman–Crippen MR) is 133 cm³/mol. The van der Waals surface area contributed by atoms with Crippen LogP contribution in [0.25, 0.3) is 0 Å². The van der Waals surface area contributed by atoms with E-state index in [1.165, 1.54) is 95.5 Å². The van der Waals surface area contributed by atoms with Crippen molar-refractivity contribution in [3.05, 3.63) is 42.1 Å². The van der Waals surface area contributed by atoms with Gasteiger partial charge in [-0.05, 0) is 31.2 Å². The van der Waals surface area contributed by atoms with Gasteiger partial charge in [0.05, 0.1) is 5.92 Å². The number of rotatable bonds is 18. The number of unbranched alkanes of at least 4 members (excludes halogenated alkanes) is 12. The Morgan fingerprint density at radius 2 is 1.20 bits per heavy atom. The standard InChI is InChI=1S/C28H45N2/c1-3-4-5-6-7-8-9-10-11-12-13-14-18-21-27(24-26-19-16-15-17-20-26)25(2)28-29-22-23-30-28/h15-17,19-20,22-23,25,27H,3-14,18,21,24H2,1-2H3/q+1. The van der Waals surface area contributed by atoms with Crippen LogP contribution in [0.4, 0.5) is 0 Å². The SMILES string of the molecule is CCCCCCCCCCCCCCCC(Cc1ccccc1)C(C)[C+]1N=CC=N1. The van der Waals surface area contributed by atoms with Crippen molar-refractivity contribution in [2.24, 2.45) is 21.8 Å². The summed E-state index contributed by atoms with van der Waals surface area (Å²) in [6.07, 6.45) is 25.5. The van der Waals surface area contributed by atoms with E-state index in [1.807, 2.05) is 12.4 Å². The first-order chi connectivity index (χ1) is 14.8. The van der Waals surface area contributed by atoms with Gasteiger partial charge in [0, 0.05) is 0 Å². The lowest BCUT2D eigenvalue weighted by atomic mass is 9.82. The first-order valence-electron chi connectivity index (χ1n) is 12.8. The van der Waals surface area contributed by atoms with Crippen LogP contribution in [0.15, 0.2) is 40.3 Å². The summed E-state index contributed by atoms with van der Waals surface area (Å²) in [4.78, 5) is 8.96. The van der Waals surface area contributed by atoms with E-state index in [0.717, 1.165) is 12.6 Å². The summed E-state index contributed by atoms with van der Waals surface area (Å²) < 4.78 is 0. The van der Waals surface area contributed by atoms with Crippen LogP contribution in [0, 0.1) is 18.0 Å². The summed E-state index contributed by atoms with van der Waals surface area (Å²) in [6, 6.07) is 10.9. The van der Waals surface area contributed by atoms with E-state index in [1.54, 1.807) is 0 Å². The van der Waals surface area contributed by atoms with Crippen LogP contribution in [-0.2, 0) is 6.42 Å². The maximum Gasteiger partial charge on any atom is 0.243 e. The van der Waals surface area contributed by atoms with Crippen molar-refractivity contribution in [1.82, 2.24) is 0 Å². The fraction of sp³-hybridized carbons (Fsp3) is 0.679. The number of nitrogens with zero attached hydrogens (tertiary/aromatic N) is 2. The summed E-state index contributed by atoms with van der Waals surface area (Å²) in [6.45, 7) is 4.60. The molecule has 0 saturated carbocycles. The first kappa shape index (κ1) is 24.7. The topological polar surface area (TPSA) is 24.7 Å². The lowest BCUT2D eigenvalue weighted by Gasteiger charge is -2.22. The number of hydrogen-bond acceptors (Lipinski definition) is 2. The molecule has 166 valence electrons. The minimum Gasteiger partial charge on any atom is -0.0965 e. The van der Waals surface area contributed by atoms with Gasteiger partial charge in [-0.25, -0.2) is 0 Å². The van der Waals surface area contributed by atoms with E-state index < -0.39 is 0 Å². The van der Waals surface area contributed by atoms with E-state index in [4.69, 9.17) is 0 Å². The molecule has 0 fully saturated rings. The van der Waals surface area contributed by atoms with Gasteiger partial charge < -0.3 is 0 Å². The minimum absolute atomic E-state index is 0.428. The Morgan fingerprint density at radius 3 is 1.73 bits per heavy atom. The van der Waals surface area contributed by atoms with Crippen molar-refractivity contribution in [1.29, 1.82) is 0 Å². The smallest absolute Gasteiger partial charge is 0.0965 e. The molecular formula is C28H45N2+. The lowest BCUT2D eigenvalue weighted by Crippen LogP contribution is -2.19. The molecule has 0 saturated heterocycles. The summed E-state index contributed by atoms with van der Waals surface area (Å²) in [5.41, 5.74) is 1.44. The maximum atomic E-state index is 4.48. The molecule has 2 rings (SSSR count). The molecule has 1 aliphatic rings. The highest BCUT2D eigenvalue weighted by molar-refractivity contribution is 6.18. The molecule has 1 aromatic carbocycles. The lowest BCUT2D eigenvalue weighted by molar-refractivity contribution is 0.328. The zero-order chi connectivity index (χ0) is 21.3. The van der Waals surface area contributed by atoms with Crippen LogP contribution < -0.4 is 0 Å². The van der Waals surface area contributed by atoms with Crippen LogP contribution in [0.3, 0.4) is 0 Å². The Labute approximate surface area is 186 Å². The van der Waals surface area contributed by atoms with Gasteiger partial charge in [0.1, 0.15) is 0 Å². The van der Waals surface area contributed by atoms with E-state index in [0.29, 0.717) is 11.8 Å². The van der Waals surface area contributed by atoms with Crippen molar-refractivity contribution in [3.63, 3.8) is 0 Å². The number of aliphatic imine (C=N–C) groups is 2. The molecule has 2 unspecified atom stereocenters. The van der Waals surface area contributed by atoms with Gasteiger partial charge in [0.25, 0.3) is 0 Å². The second kappa shape index (κ2) is 16.2. The van der Waals surface area contributed by atoms with Crippen molar-refractivity contribution < 1.29 is 0 Å². The first-order valence-corrected chi connectivity index (χ1v) is 12.8. The van der Waals surface area contributed by atoms with Gasteiger partial charge in [0.15, 0.2) is 12.4 Å². The molecule has 0 N–H and O–H groups in total. The third kappa shape index (κ3) is 10.5. The fourth-order valence-corrected chi connectivity index (χ4v) is 4.57.